The van der Waals surface area contributed by atoms with E-state index in [1.165, 1.54) is 11.8 Å². The fourth-order valence-corrected chi connectivity index (χ4v) is 3.90. The SMILES string of the molecule is CC1Sc2ccccc2N1Cc1cc(C(F)(F)F)cc(C(F)(F)F)c1. The summed E-state index contributed by atoms with van der Waals surface area (Å²) in [7, 11) is 0. The average molecular weight is 377 g/mol. The van der Waals surface area contributed by atoms with Crippen molar-refractivity contribution in [3.8, 4) is 0 Å². The highest BCUT2D eigenvalue weighted by Gasteiger charge is 2.37. The molecular weight excluding hydrogens is 364 g/mol. The maximum atomic E-state index is 13.0. The molecule has 0 saturated carbocycles. The standard InChI is InChI=1S/C17H13F6NS/c1-10-24(14-4-2-3-5-15(14)25-10)9-11-6-12(16(18,19)20)8-13(7-11)17(21,22)23/h2-8,10H,9H2,1H3. The van der Waals surface area contributed by atoms with Crippen LogP contribution in [0.4, 0.5) is 32.0 Å². The van der Waals surface area contributed by atoms with E-state index in [0.29, 0.717) is 0 Å². The fourth-order valence-electron chi connectivity index (χ4n) is 2.76. The van der Waals surface area contributed by atoms with Crippen molar-refractivity contribution in [1.82, 2.24) is 0 Å². The Morgan fingerprint density at radius 1 is 0.920 bits per heavy atom. The van der Waals surface area contributed by atoms with E-state index in [0.717, 1.165) is 22.7 Å². The number of anilines is 1. The normalized spacial score (nSPS) is 17.7. The number of para-hydroxylation sites is 1. The molecule has 1 aliphatic rings. The van der Waals surface area contributed by atoms with E-state index in [-0.39, 0.29) is 23.5 Å². The van der Waals surface area contributed by atoms with E-state index in [9.17, 15) is 26.3 Å². The number of nitrogens with zero attached hydrogens (tertiary/aromatic N) is 1. The molecule has 0 spiro atoms. The quantitative estimate of drug-likeness (QED) is 0.575. The molecule has 3 rings (SSSR count). The minimum atomic E-state index is -4.83. The van der Waals surface area contributed by atoms with Gasteiger partial charge in [0.1, 0.15) is 0 Å². The molecule has 1 nitrogen and oxygen atoms in total. The van der Waals surface area contributed by atoms with Gasteiger partial charge < -0.3 is 4.90 Å². The summed E-state index contributed by atoms with van der Waals surface area (Å²) >= 11 is 1.52. The summed E-state index contributed by atoms with van der Waals surface area (Å²) in [5.74, 6) is 0. The topological polar surface area (TPSA) is 3.24 Å². The lowest BCUT2D eigenvalue weighted by Gasteiger charge is -2.25. The zero-order valence-electron chi connectivity index (χ0n) is 12.9. The highest BCUT2D eigenvalue weighted by Crippen LogP contribution is 2.44. The van der Waals surface area contributed by atoms with Crippen LogP contribution in [0.25, 0.3) is 0 Å². The molecule has 0 bridgehead atoms. The van der Waals surface area contributed by atoms with E-state index < -0.39 is 23.5 Å². The van der Waals surface area contributed by atoms with Crippen molar-refractivity contribution < 1.29 is 26.3 Å². The van der Waals surface area contributed by atoms with Crippen LogP contribution in [0.5, 0.6) is 0 Å². The third-order valence-electron chi connectivity index (χ3n) is 3.91. The van der Waals surface area contributed by atoms with Crippen LogP contribution in [0.3, 0.4) is 0 Å². The van der Waals surface area contributed by atoms with Crippen molar-refractivity contribution in [2.75, 3.05) is 4.90 Å². The van der Waals surface area contributed by atoms with Gasteiger partial charge in [-0.1, -0.05) is 23.9 Å². The molecule has 0 amide bonds. The molecule has 25 heavy (non-hydrogen) atoms. The predicted octanol–water partition coefficient (Wildman–Crippen LogP) is 6.18. The number of fused-ring (bicyclic) bond motifs is 1. The molecular formula is C17H13F6NS. The second-order valence-electron chi connectivity index (χ2n) is 5.73. The third kappa shape index (κ3) is 3.73. The largest absolute Gasteiger partial charge is 0.416 e. The number of halogens is 6. The van der Waals surface area contributed by atoms with Gasteiger partial charge in [-0.05, 0) is 42.8 Å². The fraction of sp³-hybridized carbons (Fsp3) is 0.294. The Morgan fingerprint density at radius 3 is 2.04 bits per heavy atom. The predicted molar refractivity (Wildman–Crippen MR) is 84.4 cm³/mol. The Labute approximate surface area is 144 Å². The number of alkyl halides is 6. The molecule has 1 heterocycles. The van der Waals surface area contributed by atoms with Crippen LogP contribution >= 0.6 is 11.8 Å². The smallest absolute Gasteiger partial charge is 0.354 e. The Hall–Kier alpha value is -1.83. The maximum Gasteiger partial charge on any atom is 0.416 e. The summed E-state index contributed by atoms with van der Waals surface area (Å²) in [6.45, 7) is 1.83. The Morgan fingerprint density at radius 2 is 1.48 bits per heavy atom. The lowest BCUT2D eigenvalue weighted by atomic mass is 10.0. The lowest BCUT2D eigenvalue weighted by molar-refractivity contribution is -0.143. The second-order valence-corrected chi connectivity index (χ2v) is 7.08. The number of hydrogen-bond acceptors (Lipinski definition) is 2. The molecule has 2 aromatic carbocycles. The first kappa shape index (κ1) is 18.0. The average Bonchev–Trinajstić information content (AvgIpc) is 2.81. The third-order valence-corrected chi connectivity index (χ3v) is 5.11. The molecule has 0 radical (unpaired) electrons. The summed E-state index contributed by atoms with van der Waals surface area (Å²) in [6.07, 6.45) is -9.67. The van der Waals surface area contributed by atoms with Crippen molar-refractivity contribution in [1.29, 1.82) is 0 Å². The van der Waals surface area contributed by atoms with Gasteiger partial charge in [-0.2, -0.15) is 26.3 Å². The zero-order chi connectivity index (χ0) is 18.4. The van der Waals surface area contributed by atoms with Gasteiger partial charge >= 0.3 is 12.4 Å². The number of thioether (sulfide) groups is 1. The van der Waals surface area contributed by atoms with Gasteiger partial charge in [-0.15, -0.1) is 0 Å². The second kappa shape index (κ2) is 6.16. The van der Waals surface area contributed by atoms with Gasteiger partial charge in [-0.3, -0.25) is 0 Å². The molecule has 0 aromatic heterocycles. The van der Waals surface area contributed by atoms with Crippen LogP contribution in [0.2, 0.25) is 0 Å². The van der Waals surface area contributed by atoms with Gasteiger partial charge in [0.05, 0.1) is 22.2 Å². The van der Waals surface area contributed by atoms with Gasteiger partial charge in [0.2, 0.25) is 0 Å². The van der Waals surface area contributed by atoms with Crippen LogP contribution in [0.1, 0.15) is 23.6 Å². The van der Waals surface area contributed by atoms with Crippen LogP contribution in [0.15, 0.2) is 47.4 Å². The highest BCUT2D eigenvalue weighted by atomic mass is 32.2. The summed E-state index contributed by atoms with van der Waals surface area (Å²) in [4.78, 5) is 2.76. The molecule has 134 valence electrons. The molecule has 1 aliphatic heterocycles. The Balaban J connectivity index is 2.00. The minimum absolute atomic E-state index is 0.0219. The summed E-state index contributed by atoms with van der Waals surface area (Å²) < 4.78 is 77.9. The van der Waals surface area contributed by atoms with Crippen LogP contribution in [0, 0.1) is 0 Å². The Kier molecular flexibility index (Phi) is 4.43. The number of benzene rings is 2. The Bertz CT molecular complexity index is 751. The summed E-state index contributed by atoms with van der Waals surface area (Å²) in [5.41, 5.74) is -1.78. The number of hydrogen-bond donors (Lipinski definition) is 0. The summed E-state index contributed by atoms with van der Waals surface area (Å²) in [5, 5.41) is -0.0821. The maximum absolute atomic E-state index is 13.0. The van der Waals surface area contributed by atoms with E-state index in [1.807, 2.05) is 25.1 Å². The van der Waals surface area contributed by atoms with E-state index in [2.05, 4.69) is 0 Å². The molecule has 0 N–H and O–H groups in total. The highest BCUT2D eigenvalue weighted by molar-refractivity contribution is 8.00. The van der Waals surface area contributed by atoms with E-state index in [1.54, 1.807) is 11.0 Å². The number of rotatable bonds is 2. The van der Waals surface area contributed by atoms with E-state index >= 15 is 0 Å². The molecule has 0 aliphatic carbocycles. The van der Waals surface area contributed by atoms with Crippen LogP contribution < -0.4 is 4.90 Å². The zero-order valence-corrected chi connectivity index (χ0v) is 13.8. The van der Waals surface area contributed by atoms with Crippen molar-refractivity contribution in [2.24, 2.45) is 0 Å². The summed E-state index contributed by atoms with van der Waals surface area (Å²) in [6, 6.07) is 9.04. The molecule has 1 unspecified atom stereocenters. The van der Waals surface area contributed by atoms with Crippen molar-refractivity contribution in [3.05, 3.63) is 59.2 Å². The van der Waals surface area contributed by atoms with Gasteiger partial charge in [0.15, 0.2) is 0 Å². The lowest BCUT2D eigenvalue weighted by Crippen LogP contribution is -2.26. The van der Waals surface area contributed by atoms with Crippen molar-refractivity contribution in [3.63, 3.8) is 0 Å². The van der Waals surface area contributed by atoms with Gasteiger partial charge in [0, 0.05) is 11.4 Å². The molecule has 0 fully saturated rings. The molecule has 2 aromatic rings. The first-order valence-corrected chi connectivity index (χ1v) is 8.24. The van der Waals surface area contributed by atoms with Crippen molar-refractivity contribution >= 4 is 17.4 Å². The van der Waals surface area contributed by atoms with Crippen LogP contribution in [-0.2, 0) is 18.9 Å². The van der Waals surface area contributed by atoms with Crippen LogP contribution in [-0.4, -0.2) is 5.37 Å². The molecule has 1 atom stereocenters. The molecule has 0 saturated heterocycles. The van der Waals surface area contributed by atoms with Gasteiger partial charge in [-0.25, -0.2) is 0 Å². The van der Waals surface area contributed by atoms with Crippen molar-refractivity contribution in [2.45, 2.75) is 36.1 Å². The van der Waals surface area contributed by atoms with E-state index in [4.69, 9.17) is 0 Å². The first-order valence-electron chi connectivity index (χ1n) is 7.36. The minimum Gasteiger partial charge on any atom is -0.354 e. The van der Waals surface area contributed by atoms with Gasteiger partial charge in [0.25, 0.3) is 0 Å². The molecule has 8 heteroatoms. The first-order chi connectivity index (χ1) is 11.6. The monoisotopic (exact) mass is 377 g/mol.